The Morgan fingerprint density at radius 2 is 1.69 bits per heavy atom. The summed E-state index contributed by atoms with van der Waals surface area (Å²) >= 11 is 0. The molecule has 144 valence electrons. The number of hydrogen-bond acceptors (Lipinski definition) is 4. The van der Waals surface area contributed by atoms with Gasteiger partial charge in [0.1, 0.15) is 17.8 Å². The molecule has 0 amide bonds. The van der Waals surface area contributed by atoms with Gasteiger partial charge in [-0.25, -0.2) is 9.97 Å². The summed E-state index contributed by atoms with van der Waals surface area (Å²) in [4.78, 5) is 11.9. The molecule has 0 atom stereocenters. The minimum atomic E-state index is 0.809. The Labute approximate surface area is 157 Å². The fourth-order valence-electron chi connectivity index (χ4n) is 4.24. The van der Waals surface area contributed by atoms with E-state index >= 15 is 0 Å². The number of rotatable bonds is 4. The molecule has 0 spiro atoms. The van der Waals surface area contributed by atoms with Crippen molar-refractivity contribution in [2.45, 2.75) is 77.2 Å². The van der Waals surface area contributed by atoms with Crippen LogP contribution in [0, 0.1) is 12.8 Å². The molecule has 5 heteroatoms. The highest BCUT2D eigenvalue weighted by molar-refractivity contribution is 5.87. The Hall–Kier alpha value is -1.62. The average Bonchev–Trinajstić information content (AvgIpc) is 3.09. The number of hydrogen-bond donors (Lipinski definition) is 3. The van der Waals surface area contributed by atoms with Gasteiger partial charge in [0.05, 0.1) is 5.39 Å². The molecule has 26 heavy (non-hydrogen) atoms. The number of aromatic nitrogens is 3. The number of nitrogens with zero attached hydrogens (tertiary/aromatic N) is 2. The van der Waals surface area contributed by atoms with Crippen molar-refractivity contribution in [3.05, 3.63) is 18.1 Å². The maximum absolute atomic E-state index is 4.36. The fourth-order valence-corrected chi connectivity index (χ4v) is 4.24. The van der Waals surface area contributed by atoms with E-state index in [1.807, 2.05) is 6.92 Å². The van der Waals surface area contributed by atoms with Crippen molar-refractivity contribution in [3.63, 3.8) is 0 Å². The zero-order valence-electron chi connectivity index (χ0n) is 16.5. The maximum Gasteiger partial charge on any atom is 0.143 e. The summed E-state index contributed by atoms with van der Waals surface area (Å²) in [5.74, 6) is 1.78. The van der Waals surface area contributed by atoms with Gasteiger partial charge in [-0.15, -0.1) is 0 Å². The number of fused-ring (bicyclic) bond motifs is 1. The molecule has 2 heterocycles. The van der Waals surface area contributed by atoms with Crippen LogP contribution in [0.15, 0.2) is 12.4 Å². The Kier molecular flexibility index (Phi) is 7.30. The number of anilines is 1. The molecule has 0 bridgehead atoms. The number of aryl methyl sites for hydroxylation is 1. The molecular formula is C21H35N5. The third-order valence-corrected chi connectivity index (χ3v) is 5.86. The van der Waals surface area contributed by atoms with E-state index in [0.717, 1.165) is 41.0 Å². The molecule has 2 aliphatic rings. The van der Waals surface area contributed by atoms with Crippen molar-refractivity contribution in [1.82, 2.24) is 20.3 Å². The Morgan fingerprint density at radius 3 is 2.35 bits per heavy atom. The van der Waals surface area contributed by atoms with E-state index in [2.05, 4.69) is 38.7 Å². The SMILES string of the molecule is CNC1CCCCC1.Cc1cc2c(NCC3CCCCC3)ncnc2[nH]1. The second-order valence-electron chi connectivity index (χ2n) is 7.95. The Bertz CT molecular complexity index is 653. The molecule has 0 aromatic carbocycles. The predicted molar refractivity (Wildman–Crippen MR) is 110 cm³/mol. The highest BCUT2D eigenvalue weighted by Gasteiger charge is 2.14. The van der Waals surface area contributed by atoms with Gasteiger partial charge in [-0.2, -0.15) is 0 Å². The molecule has 0 unspecified atom stereocenters. The van der Waals surface area contributed by atoms with E-state index in [1.165, 1.54) is 64.2 Å². The standard InChI is InChI=1S/C14H20N4.C7H15N/c1-10-7-12-13(16-9-17-14(12)18-10)15-8-11-5-3-2-4-6-11;1-8-7-5-3-2-4-6-7/h7,9,11H,2-6,8H2,1H3,(H2,15,16,17,18);7-8H,2-6H2,1H3. The van der Waals surface area contributed by atoms with Crippen molar-refractivity contribution < 1.29 is 0 Å². The first-order chi connectivity index (χ1) is 12.8. The molecule has 2 aromatic heterocycles. The first-order valence-corrected chi connectivity index (χ1v) is 10.5. The molecular weight excluding hydrogens is 322 g/mol. The first kappa shape index (κ1) is 19.2. The number of aromatic amines is 1. The number of H-pyrrole nitrogens is 1. The molecule has 2 fully saturated rings. The van der Waals surface area contributed by atoms with E-state index in [9.17, 15) is 0 Å². The normalized spacial score (nSPS) is 19.2. The van der Waals surface area contributed by atoms with E-state index < -0.39 is 0 Å². The molecule has 0 radical (unpaired) electrons. The first-order valence-electron chi connectivity index (χ1n) is 10.5. The van der Waals surface area contributed by atoms with Gasteiger partial charge in [-0.3, -0.25) is 0 Å². The number of nitrogens with one attached hydrogen (secondary N) is 3. The third-order valence-electron chi connectivity index (χ3n) is 5.86. The van der Waals surface area contributed by atoms with Crippen LogP contribution in [0.3, 0.4) is 0 Å². The topological polar surface area (TPSA) is 65.6 Å². The molecule has 3 N–H and O–H groups in total. The van der Waals surface area contributed by atoms with E-state index in [-0.39, 0.29) is 0 Å². The summed E-state index contributed by atoms with van der Waals surface area (Å²) in [7, 11) is 2.07. The lowest BCUT2D eigenvalue weighted by Crippen LogP contribution is -2.26. The highest BCUT2D eigenvalue weighted by atomic mass is 15.0. The fraction of sp³-hybridized carbons (Fsp3) is 0.714. The second kappa shape index (κ2) is 9.91. The molecule has 2 aliphatic carbocycles. The molecule has 2 aromatic rings. The minimum absolute atomic E-state index is 0.809. The van der Waals surface area contributed by atoms with Crippen LogP contribution in [-0.2, 0) is 0 Å². The van der Waals surface area contributed by atoms with E-state index in [1.54, 1.807) is 6.33 Å². The van der Waals surface area contributed by atoms with Gasteiger partial charge in [-0.1, -0.05) is 38.5 Å². The largest absolute Gasteiger partial charge is 0.369 e. The molecule has 2 saturated carbocycles. The Morgan fingerprint density at radius 1 is 1.00 bits per heavy atom. The van der Waals surface area contributed by atoms with Gasteiger partial charge in [0.2, 0.25) is 0 Å². The van der Waals surface area contributed by atoms with Crippen LogP contribution in [0.4, 0.5) is 5.82 Å². The highest BCUT2D eigenvalue weighted by Crippen LogP contribution is 2.25. The van der Waals surface area contributed by atoms with Crippen molar-refractivity contribution in [1.29, 1.82) is 0 Å². The van der Waals surface area contributed by atoms with Gasteiger partial charge in [0.15, 0.2) is 0 Å². The van der Waals surface area contributed by atoms with Crippen LogP contribution in [0.5, 0.6) is 0 Å². The monoisotopic (exact) mass is 357 g/mol. The van der Waals surface area contributed by atoms with Crippen LogP contribution >= 0.6 is 0 Å². The van der Waals surface area contributed by atoms with Gasteiger partial charge in [-0.05, 0) is 51.6 Å². The molecule has 4 rings (SSSR count). The Balaban J connectivity index is 0.000000206. The van der Waals surface area contributed by atoms with Crippen molar-refractivity contribution in [2.24, 2.45) is 5.92 Å². The van der Waals surface area contributed by atoms with Crippen LogP contribution in [0.1, 0.15) is 69.9 Å². The van der Waals surface area contributed by atoms with Crippen molar-refractivity contribution in [2.75, 3.05) is 18.9 Å². The van der Waals surface area contributed by atoms with Crippen molar-refractivity contribution >= 4 is 16.9 Å². The summed E-state index contributed by atoms with van der Waals surface area (Å²) in [5, 5.41) is 7.91. The molecule has 0 aliphatic heterocycles. The summed E-state index contributed by atoms with van der Waals surface area (Å²) < 4.78 is 0. The molecule has 0 saturated heterocycles. The van der Waals surface area contributed by atoms with E-state index in [0.29, 0.717) is 0 Å². The van der Waals surface area contributed by atoms with Gasteiger partial charge >= 0.3 is 0 Å². The lowest BCUT2D eigenvalue weighted by molar-refractivity contribution is 0.373. The smallest absolute Gasteiger partial charge is 0.143 e. The van der Waals surface area contributed by atoms with Crippen molar-refractivity contribution in [3.8, 4) is 0 Å². The quantitative estimate of drug-likeness (QED) is 0.735. The van der Waals surface area contributed by atoms with Crippen LogP contribution in [-0.4, -0.2) is 34.6 Å². The van der Waals surface area contributed by atoms with Crippen LogP contribution in [0.2, 0.25) is 0 Å². The van der Waals surface area contributed by atoms with Crippen LogP contribution in [0.25, 0.3) is 11.0 Å². The predicted octanol–water partition coefficient (Wildman–Crippen LogP) is 4.80. The summed E-state index contributed by atoms with van der Waals surface area (Å²) in [5.41, 5.74) is 2.06. The van der Waals surface area contributed by atoms with Gasteiger partial charge in [0.25, 0.3) is 0 Å². The summed E-state index contributed by atoms with van der Waals surface area (Å²) in [6, 6.07) is 2.95. The van der Waals surface area contributed by atoms with E-state index in [4.69, 9.17) is 0 Å². The zero-order valence-corrected chi connectivity index (χ0v) is 16.5. The lowest BCUT2D eigenvalue weighted by atomic mass is 9.89. The lowest BCUT2D eigenvalue weighted by Gasteiger charge is -2.22. The van der Waals surface area contributed by atoms with Gasteiger partial charge < -0.3 is 15.6 Å². The third kappa shape index (κ3) is 5.44. The second-order valence-corrected chi connectivity index (χ2v) is 7.95. The molecule has 5 nitrogen and oxygen atoms in total. The minimum Gasteiger partial charge on any atom is -0.369 e. The van der Waals surface area contributed by atoms with Gasteiger partial charge in [0, 0.05) is 18.3 Å². The zero-order chi connectivity index (χ0) is 18.2. The van der Waals surface area contributed by atoms with Crippen LogP contribution < -0.4 is 10.6 Å². The summed E-state index contributed by atoms with van der Waals surface area (Å²) in [6.45, 7) is 3.09. The maximum atomic E-state index is 4.36. The average molecular weight is 358 g/mol. The summed E-state index contributed by atoms with van der Waals surface area (Å²) in [6.07, 6.45) is 15.6.